The number of rotatable bonds is 7. The summed E-state index contributed by atoms with van der Waals surface area (Å²) in [4.78, 5) is 34.0. The first kappa shape index (κ1) is 17.1. The molecular weight excluding hydrogens is 314 g/mol. The number of aromatic nitrogens is 3. The predicted molar refractivity (Wildman–Crippen MR) is 84.9 cm³/mol. The fourth-order valence-electron chi connectivity index (χ4n) is 1.91. The predicted octanol–water partition coefficient (Wildman–Crippen LogP) is 0.820. The lowest BCUT2D eigenvalue weighted by molar-refractivity contribution is -0.124. The lowest BCUT2D eigenvalue weighted by Crippen LogP contribution is -2.32. The highest BCUT2D eigenvalue weighted by Crippen LogP contribution is 2.14. The summed E-state index contributed by atoms with van der Waals surface area (Å²) < 4.78 is 1.29. The van der Waals surface area contributed by atoms with Crippen LogP contribution in [-0.2, 0) is 9.59 Å². The lowest BCUT2D eigenvalue weighted by Gasteiger charge is -2.08. The van der Waals surface area contributed by atoms with Gasteiger partial charge in [-0.05, 0) is 24.6 Å². The molecule has 0 aliphatic carbocycles. The Balaban J connectivity index is 2.00. The fraction of sp³-hybridized carbons (Fsp3) is 0.267. The molecule has 0 aliphatic rings. The molecule has 9 heteroatoms. The van der Waals surface area contributed by atoms with E-state index >= 15 is 0 Å². The molecule has 126 valence electrons. The minimum atomic E-state index is -1.17. The van der Waals surface area contributed by atoms with Gasteiger partial charge in [-0.2, -0.15) is 0 Å². The van der Waals surface area contributed by atoms with E-state index in [1.54, 1.807) is 24.3 Å². The van der Waals surface area contributed by atoms with Gasteiger partial charge in [0.05, 0.1) is 18.4 Å². The van der Waals surface area contributed by atoms with Gasteiger partial charge < -0.3 is 15.7 Å². The van der Waals surface area contributed by atoms with Gasteiger partial charge in [-0.1, -0.05) is 18.2 Å². The van der Waals surface area contributed by atoms with Crippen molar-refractivity contribution in [1.82, 2.24) is 20.3 Å². The maximum Gasteiger partial charge on any atom is 0.358 e. The van der Waals surface area contributed by atoms with Crippen molar-refractivity contribution in [3.63, 3.8) is 0 Å². The number of benzene rings is 1. The maximum absolute atomic E-state index is 11.8. The summed E-state index contributed by atoms with van der Waals surface area (Å²) in [6, 6.07) is 6.66. The Hall–Kier alpha value is -3.23. The summed E-state index contributed by atoms with van der Waals surface area (Å²) in [5.41, 5.74) is 0.862. The molecule has 0 unspecified atom stereocenters. The maximum atomic E-state index is 11.8. The zero-order valence-electron chi connectivity index (χ0n) is 13.0. The molecule has 2 aromatic rings. The summed E-state index contributed by atoms with van der Waals surface area (Å²) in [6.07, 6.45) is 2.36. The summed E-state index contributed by atoms with van der Waals surface area (Å²) >= 11 is 0. The van der Waals surface area contributed by atoms with Crippen molar-refractivity contribution < 1.29 is 19.5 Å². The highest BCUT2D eigenvalue weighted by atomic mass is 16.4. The molecule has 2 amide bonds. The van der Waals surface area contributed by atoms with Crippen LogP contribution in [0, 0.1) is 0 Å². The van der Waals surface area contributed by atoms with Crippen molar-refractivity contribution >= 4 is 23.5 Å². The van der Waals surface area contributed by atoms with Gasteiger partial charge in [-0.15, -0.1) is 5.10 Å². The van der Waals surface area contributed by atoms with Crippen LogP contribution in [0.2, 0.25) is 0 Å². The van der Waals surface area contributed by atoms with Crippen molar-refractivity contribution in [1.29, 1.82) is 0 Å². The van der Waals surface area contributed by atoms with Crippen LogP contribution < -0.4 is 10.6 Å². The minimum Gasteiger partial charge on any atom is -0.476 e. The van der Waals surface area contributed by atoms with Crippen LogP contribution in [-0.4, -0.2) is 44.4 Å². The quantitative estimate of drug-likeness (QED) is 0.689. The fourth-order valence-corrected chi connectivity index (χ4v) is 1.91. The molecule has 0 fully saturated rings. The van der Waals surface area contributed by atoms with E-state index in [1.165, 1.54) is 10.9 Å². The first-order chi connectivity index (χ1) is 11.5. The summed E-state index contributed by atoms with van der Waals surface area (Å²) in [5.74, 6) is -1.71. The van der Waals surface area contributed by atoms with E-state index < -0.39 is 5.97 Å². The zero-order valence-corrected chi connectivity index (χ0v) is 13.0. The molecule has 3 N–H and O–H groups in total. The highest BCUT2D eigenvalue weighted by Gasteiger charge is 2.10. The van der Waals surface area contributed by atoms with Gasteiger partial charge in [0.1, 0.15) is 0 Å². The van der Waals surface area contributed by atoms with Gasteiger partial charge in [0, 0.05) is 12.1 Å². The zero-order chi connectivity index (χ0) is 17.5. The van der Waals surface area contributed by atoms with E-state index in [9.17, 15) is 14.4 Å². The van der Waals surface area contributed by atoms with Gasteiger partial charge in [-0.3, -0.25) is 9.59 Å². The Morgan fingerprint density at radius 3 is 2.71 bits per heavy atom. The molecule has 2 rings (SSSR count). The Bertz CT molecular complexity index is 756. The standard InChI is InChI=1S/C15H17N5O4/c1-2-4-13(21)16-8-14(22)17-10-5-3-6-11(7-10)20-9-12(15(23)24)18-19-20/h3,5-7,9H,2,4,8H2,1H3,(H,16,21)(H,17,22)(H,23,24). The van der Waals surface area contributed by atoms with E-state index in [1.807, 2.05) is 6.92 Å². The number of anilines is 1. The Kier molecular flexibility index (Phi) is 5.61. The van der Waals surface area contributed by atoms with Crippen molar-refractivity contribution in [2.24, 2.45) is 0 Å². The van der Waals surface area contributed by atoms with Crippen molar-refractivity contribution in [2.75, 3.05) is 11.9 Å². The van der Waals surface area contributed by atoms with Gasteiger partial charge in [0.15, 0.2) is 5.69 Å². The molecule has 1 aromatic carbocycles. The number of carboxylic acids is 1. The number of amides is 2. The van der Waals surface area contributed by atoms with E-state index in [2.05, 4.69) is 20.9 Å². The topological polar surface area (TPSA) is 126 Å². The molecule has 1 aromatic heterocycles. The summed E-state index contributed by atoms with van der Waals surface area (Å²) in [5, 5.41) is 21.3. The van der Waals surface area contributed by atoms with E-state index in [4.69, 9.17) is 5.11 Å². The Morgan fingerprint density at radius 1 is 1.25 bits per heavy atom. The van der Waals surface area contributed by atoms with Crippen molar-refractivity contribution in [2.45, 2.75) is 19.8 Å². The van der Waals surface area contributed by atoms with Crippen molar-refractivity contribution in [3.8, 4) is 5.69 Å². The van der Waals surface area contributed by atoms with E-state index in [-0.39, 0.29) is 24.1 Å². The van der Waals surface area contributed by atoms with Crippen LogP contribution in [0.15, 0.2) is 30.5 Å². The normalized spacial score (nSPS) is 10.2. The molecule has 0 saturated heterocycles. The third-order valence-corrected chi connectivity index (χ3v) is 3.03. The number of carboxylic acid groups (broad SMARTS) is 1. The Labute approximate surface area is 137 Å². The second-order valence-electron chi connectivity index (χ2n) is 4.98. The molecule has 9 nitrogen and oxygen atoms in total. The van der Waals surface area contributed by atoms with Crippen LogP contribution >= 0.6 is 0 Å². The van der Waals surface area contributed by atoms with Crippen LogP contribution in [0.3, 0.4) is 0 Å². The number of hydrogen-bond donors (Lipinski definition) is 3. The molecule has 1 heterocycles. The van der Waals surface area contributed by atoms with Gasteiger partial charge in [0.25, 0.3) is 0 Å². The lowest BCUT2D eigenvalue weighted by atomic mass is 10.2. The average molecular weight is 331 g/mol. The van der Waals surface area contributed by atoms with E-state index in [0.717, 1.165) is 0 Å². The highest BCUT2D eigenvalue weighted by molar-refractivity contribution is 5.94. The number of nitrogens with one attached hydrogen (secondary N) is 2. The number of carbonyl (C=O) groups is 3. The second kappa shape index (κ2) is 7.86. The van der Waals surface area contributed by atoms with Crippen LogP contribution in [0.5, 0.6) is 0 Å². The van der Waals surface area contributed by atoms with Gasteiger partial charge >= 0.3 is 5.97 Å². The van der Waals surface area contributed by atoms with Crippen molar-refractivity contribution in [3.05, 3.63) is 36.2 Å². The molecule has 0 bridgehead atoms. The van der Waals surface area contributed by atoms with Crippen LogP contribution in [0.25, 0.3) is 5.69 Å². The van der Waals surface area contributed by atoms with E-state index in [0.29, 0.717) is 24.2 Å². The van der Waals surface area contributed by atoms with Crippen LogP contribution in [0.4, 0.5) is 5.69 Å². The second-order valence-corrected chi connectivity index (χ2v) is 4.98. The number of carbonyl (C=O) groups excluding carboxylic acids is 2. The summed E-state index contributed by atoms with van der Waals surface area (Å²) in [7, 11) is 0. The molecule has 0 saturated carbocycles. The molecule has 0 atom stereocenters. The number of nitrogens with zero attached hydrogens (tertiary/aromatic N) is 3. The molecule has 24 heavy (non-hydrogen) atoms. The first-order valence-electron chi connectivity index (χ1n) is 7.32. The Morgan fingerprint density at radius 2 is 2.04 bits per heavy atom. The van der Waals surface area contributed by atoms with Gasteiger partial charge in [-0.25, -0.2) is 9.48 Å². The monoisotopic (exact) mass is 331 g/mol. The number of aromatic carboxylic acids is 1. The first-order valence-corrected chi connectivity index (χ1v) is 7.32. The SMILES string of the molecule is CCCC(=O)NCC(=O)Nc1cccc(-n2cc(C(=O)O)nn2)c1. The van der Waals surface area contributed by atoms with Gasteiger partial charge in [0.2, 0.25) is 11.8 Å². The van der Waals surface area contributed by atoms with Crippen LogP contribution in [0.1, 0.15) is 30.3 Å². The summed E-state index contributed by atoms with van der Waals surface area (Å²) in [6.45, 7) is 1.76. The largest absolute Gasteiger partial charge is 0.476 e. The minimum absolute atomic E-state index is 0.116. The molecule has 0 spiro atoms. The smallest absolute Gasteiger partial charge is 0.358 e. The third-order valence-electron chi connectivity index (χ3n) is 3.03. The average Bonchev–Trinajstić information content (AvgIpc) is 3.04. The molecule has 0 radical (unpaired) electrons. The number of hydrogen-bond acceptors (Lipinski definition) is 5. The third kappa shape index (κ3) is 4.63. The molecule has 0 aliphatic heterocycles. The molecular formula is C15H17N5O4.